The minimum Gasteiger partial charge on any atom is -0.278 e. The lowest BCUT2D eigenvalue weighted by atomic mass is 9.97. The first kappa shape index (κ1) is 13.2. The second kappa shape index (κ2) is 5.17. The molecule has 0 aliphatic carbocycles. The summed E-state index contributed by atoms with van der Waals surface area (Å²) in [5.41, 5.74) is 0.311. The molecule has 2 amide bonds. The number of piperidine rings is 1. The topological polar surface area (TPSA) is 80.5 Å². The highest BCUT2D eigenvalue weighted by atomic mass is 16.6. The van der Waals surface area contributed by atoms with Crippen molar-refractivity contribution >= 4 is 17.5 Å². The SMILES string of the molecule is CC1CC(=O)N(Cc2ccccc2[N+](=O)[O-])C(=O)C1. The molecule has 1 saturated heterocycles. The van der Waals surface area contributed by atoms with E-state index >= 15 is 0 Å². The van der Waals surface area contributed by atoms with E-state index in [0.29, 0.717) is 18.4 Å². The van der Waals surface area contributed by atoms with E-state index in [4.69, 9.17) is 0 Å². The monoisotopic (exact) mass is 262 g/mol. The lowest BCUT2D eigenvalue weighted by molar-refractivity contribution is -0.385. The fraction of sp³-hybridized carbons (Fsp3) is 0.385. The maximum absolute atomic E-state index is 11.8. The third-order valence-corrected chi connectivity index (χ3v) is 3.17. The standard InChI is InChI=1S/C13H14N2O4/c1-9-6-12(16)14(13(17)7-9)8-10-4-2-3-5-11(10)15(18)19/h2-5,9H,6-8H2,1H3. The molecule has 0 atom stereocenters. The van der Waals surface area contributed by atoms with E-state index < -0.39 is 4.92 Å². The van der Waals surface area contributed by atoms with E-state index in [9.17, 15) is 19.7 Å². The van der Waals surface area contributed by atoms with Crippen LogP contribution in [0, 0.1) is 16.0 Å². The van der Waals surface area contributed by atoms with Crippen molar-refractivity contribution < 1.29 is 14.5 Å². The number of para-hydroxylation sites is 1. The molecule has 1 heterocycles. The number of nitro groups is 1. The largest absolute Gasteiger partial charge is 0.278 e. The molecular formula is C13H14N2O4. The molecule has 1 fully saturated rings. The Bertz CT molecular complexity index is 523. The fourth-order valence-corrected chi connectivity index (χ4v) is 2.20. The average molecular weight is 262 g/mol. The molecule has 6 nitrogen and oxygen atoms in total. The molecule has 0 radical (unpaired) electrons. The molecule has 0 bridgehead atoms. The first-order chi connectivity index (χ1) is 8.99. The number of nitro benzene ring substituents is 1. The van der Waals surface area contributed by atoms with Crippen LogP contribution < -0.4 is 0 Å². The molecule has 0 aromatic heterocycles. The van der Waals surface area contributed by atoms with E-state index in [1.165, 1.54) is 6.07 Å². The van der Waals surface area contributed by atoms with E-state index in [0.717, 1.165) is 4.90 Å². The molecule has 2 rings (SSSR count). The normalized spacial score (nSPS) is 16.8. The van der Waals surface area contributed by atoms with Crippen LogP contribution in [0.5, 0.6) is 0 Å². The van der Waals surface area contributed by atoms with Gasteiger partial charge in [0.05, 0.1) is 11.5 Å². The van der Waals surface area contributed by atoms with Crippen molar-refractivity contribution in [1.82, 2.24) is 4.90 Å². The maximum atomic E-state index is 11.8. The zero-order valence-electron chi connectivity index (χ0n) is 10.5. The Balaban J connectivity index is 2.24. The lowest BCUT2D eigenvalue weighted by Gasteiger charge is -2.28. The van der Waals surface area contributed by atoms with Gasteiger partial charge in [0.2, 0.25) is 11.8 Å². The van der Waals surface area contributed by atoms with Gasteiger partial charge in [-0.2, -0.15) is 0 Å². The number of rotatable bonds is 3. The van der Waals surface area contributed by atoms with Gasteiger partial charge in [-0.25, -0.2) is 0 Å². The van der Waals surface area contributed by atoms with Gasteiger partial charge in [-0.05, 0) is 5.92 Å². The summed E-state index contributed by atoms with van der Waals surface area (Å²) in [5, 5.41) is 10.9. The third kappa shape index (κ3) is 2.78. The van der Waals surface area contributed by atoms with Crippen molar-refractivity contribution in [2.75, 3.05) is 0 Å². The first-order valence-electron chi connectivity index (χ1n) is 6.04. The van der Waals surface area contributed by atoms with Gasteiger partial charge in [0, 0.05) is 24.5 Å². The van der Waals surface area contributed by atoms with E-state index in [-0.39, 0.29) is 30.0 Å². The van der Waals surface area contributed by atoms with Gasteiger partial charge in [-0.1, -0.05) is 25.1 Å². The lowest BCUT2D eigenvalue weighted by Crippen LogP contribution is -2.42. The second-order valence-corrected chi connectivity index (χ2v) is 4.77. The van der Waals surface area contributed by atoms with Crippen LogP contribution in [0.15, 0.2) is 24.3 Å². The summed E-state index contributed by atoms with van der Waals surface area (Å²) in [6.45, 7) is 1.82. The Morgan fingerprint density at radius 3 is 2.42 bits per heavy atom. The van der Waals surface area contributed by atoms with Crippen LogP contribution in [0.3, 0.4) is 0 Å². The van der Waals surface area contributed by atoms with Crippen molar-refractivity contribution in [2.45, 2.75) is 26.3 Å². The zero-order chi connectivity index (χ0) is 14.0. The summed E-state index contributed by atoms with van der Waals surface area (Å²) < 4.78 is 0. The number of likely N-dealkylation sites (tertiary alicyclic amines) is 1. The van der Waals surface area contributed by atoms with E-state index in [1.54, 1.807) is 18.2 Å². The van der Waals surface area contributed by atoms with Gasteiger partial charge in [0.25, 0.3) is 5.69 Å². The molecule has 0 spiro atoms. The number of nitrogens with zero attached hydrogens (tertiary/aromatic N) is 2. The molecule has 1 aliphatic heterocycles. The van der Waals surface area contributed by atoms with Gasteiger partial charge in [-0.3, -0.25) is 24.6 Å². The minimum atomic E-state index is -0.503. The first-order valence-corrected chi connectivity index (χ1v) is 6.04. The number of hydrogen-bond acceptors (Lipinski definition) is 4. The van der Waals surface area contributed by atoms with Gasteiger partial charge in [0.15, 0.2) is 0 Å². The van der Waals surface area contributed by atoms with E-state index in [1.807, 2.05) is 6.92 Å². The Hall–Kier alpha value is -2.24. The predicted octanol–water partition coefficient (Wildman–Crippen LogP) is 1.88. The van der Waals surface area contributed by atoms with Crippen LogP contribution in [0.2, 0.25) is 0 Å². The molecule has 0 unspecified atom stereocenters. The molecular weight excluding hydrogens is 248 g/mol. The highest BCUT2D eigenvalue weighted by Gasteiger charge is 2.31. The maximum Gasteiger partial charge on any atom is 0.274 e. The van der Waals surface area contributed by atoms with Gasteiger partial charge in [-0.15, -0.1) is 0 Å². The number of imide groups is 1. The van der Waals surface area contributed by atoms with Gasteiger partial charge >= 0.3 is 0 Å². The molecule has 1 aromatic carbocycles. The van der Waals surface area contributed by atoms with Crippen molar-refractivity contribution in [3.63, 3.8) is 0 Å². The average Bonchev–Trinajstić information content (AvgIpc) is 2.34. The van der Waals surface area contributed by atoms with Crippen LogP contribution in [0.1, 0.15) is 25.3 Å². The van der Waals surface area contributed by atoms with Gasteiger partial charge in [0.1, 0.15) is 0 Å². The molecule has 0 saturated carbocycles. The summed E-state index contributed by atoms with van der Waals surface area (Å²) in [7, 11) is 0. The molecule has 0 N–H and O–H groups in total. The van der Waals surface area contributed by atoms with Crippen molar-refractivity contribution in [2.24, 2.45) is 5.92 Å². The second-order valence-electron chi connectivity index (χ2n) is 4.77. The van der Waals surface area contributed by atoms with Gasteiger partial charge < -0.3 is 0 Å². The number of hydrogen-bond donors (Lipinski definition) is 0. The minimum absolute atomic E-state index is 0.0263. The fourth-order valence-electron chi connectivity index (χ4n) is 2.20. The summed E-state index contributed by atoms with van der Waals surface area (Å²) in [6, 6.07) is 6.15. The predicted molar refractivity (Wildman–Crippen MR) is 67.1 cm³/mol. The van der Waals surface area contributed by atoms with Crippen LogP contribution >= 0.6 is 0 Å². The summed E-state index contributed by atoms with van der Waals surface area (Å²) in [6.07, 6.45) is 0.624. The van der Waals surface area contributed by atoms with Crippen molar-refractivity contribution in [3.05, 3.63) is 39.9 Å². The third-order valence-electron chi connectivity index (χ3n) is 3.17. The quantitative estimate of drug-likeness (QED) is 0.473. The highest BCUT2D eigenvalue weighted by molar-refractivity contribution is 5.97. The number of carbonyl (C=O) groups is 2. The summed E-state index contributed by atoms with van der Waals surface area (Å²) in [5.74, 6) is -0.481. The molecule has 1 aliphatic rings. The number of amides is 2. The Morgan fingerprint density at radius 1 is 1.26 bits per heavy atom. The highest BCUT2D eigenvalue weighted by Crippen LogP contribution is 2.24. The molecule has 19 heavy (non-hydrogen) atoms. The summed E-state index contributed by atoms with van der Waals surface area (Å²) >= 11 is 0. The van der Waals surface area contributed by atoms with Crippen LogP contribution in [-0.4, -0.2) is 21.6 Å². The summed E-state index contributed by atoms with van der Waals surface area (Å²) in [4.78, 5) is 35.2. The Kier molecular flexibility index (Phi) is 3.59. The molecule has 1 aromatic rings. The van der Waals surface area contributed by atoms with Crippen molar-refractivity contribution in [3.8, 4) is 0 Å². The number of benzene rings is 1. The zero-order valence-corrected chi connectivity index (χ0v) is 10.5. The Morgan fingerprint density at radius 2 is 1.84 bits per heavy atom. The van der Waals surface area contributed by atoms with Crippen LogP contribution in [0.25, 0.3) is 0 Å². The number of carbonyl (C=O) groups excluding carboxylic acids is 2. The van der Waals surface area contributed by atoms with Crippen LogP contribution in [0.4, 0.5) is 5.69 Å². The molecule has 6 heteroatoms. The molecule has 100 valence electrons. The smallest absolute Gasteiger partial charge is 0.274 e. The van der Waals surface area contributed by atoms with Crippen molar-refractivity contribution in [1.29, 1.82) is 0 Å². The Labute approximate surface area is 110 Å². The van der Waals surface area contributed by atoms with E-state index in [2.05, 4.69) is 0 Å². The van der Waals surface area contributed by atoms with Crippen LogP contribution in [-0.2, 0) is 16.1 Å².